The molecule has 148 valence electrons. The van der Waals surface area contributed by atoms with Gasteiger partial charge in [-0.15, -0.1) is 0 Å². The van der Waals surface area contributed by atoms with Crippen LogP contribution in [-0.4, -0.2) is 19.7 Å². The van der Waals surface area contributed by atoms with Crippen molar-refractivity contribution in [1.29, 1.82) is 0 Å². The first-order valence-electron chi connectivity index (χ1n) is 9.05. The van der Waals surface area contributed by atoms with Crippen LogP contribution in [-0.2, 0) is 22.1 Å². The molecule has 4 nitrogen and oxygen atoms in total. The van der Waals surface area contributed by atoms with Gasteiger partial charge in [0.05, 0.1) is 25.7 Å². The molecule has 0 unspecified atom stereocenters. The predicted molar refractivity (Wildman–Crippen MR) is 94.4 cm³/mol. The van der Waals surface area contributed by atoms with E-state index in [1.54, 1.807) is 12.1 Å². The monoisotopic (exact) mass is 392 g/mol. The molecular weight excluding hydrogens is 373 g/mol. The number of carbonyl (C=O) groups excluding carboxylic acids is 1. The number of hydrogen-bond donors (Lipinski definition) is 0. The highest BCUT2D eigenvalue weighted by Gasteiger charge is 2.34. The molecule has 4 rings (SSSR count). The van der Waals surface area contributed by atoms with E-state index in [0.717, 1.165) is 17.2 Å². The molecule has 2 aliphatic rings. The van der Waals surface area contributed by atoms with E-state index >= 15 is 0 Å². The molecule has 1 aliphatic carbocycles. The van der Waals surface area contributed by atoms with Gasteiger partial charge in [0.1, 0.15) is 17.6 Å². The van der Waals surface area contributed by atoms with Crippen molar-refractivity contribution in [1.82, 2.24) is 0 Å². The zero-order valence-electron chi connectivity index (χ0n) is 15.2. The zero-order valence-corrected chi connectivity index (χ0v) is 15.2. The van der Waals surface area contributed by atoms with Crippen LogP contribution in [0.2, 0.25) is 0 Å². The van der Waals surface area contributed by atoms with Crippen LogP contribution in [0.3, 0.4) is 0 Å². The van der Waals surface area contributed by atoms with Crippen molar-refractivity contribution in [3.05, 3.63) is 58.7 Å². The van der Waals surface area contributed by atoms with Crippen LogP contribution in [0.15, 0.2) is 36.4 Å². The number of alkyl halides is 3. The van der Waals surface area contributed by atoms with E-state index in [-0.39, 0.29) is 18.3 Å². The second kappa shape index (κ2) is 7.04. The van der Waals surface area contributed by atoms with Crippen molar-refractivity contribution < 1.29 is 32.2 Å². The molecule has 0 saturated heterocycles. The third-order valence-electron chi connectivity index (χ3n) is 5.28. The molecule has 2 atom stereocenters. The molecule has 0 saturated carbocycles. The number of methoxy groups -OCH3 is 1. The Kier molecular flexibility index (Phi) is 4.69. The van der Waals surface area contributed by atoms with Crippen LogP contribution in [0.1, 0.15) is 47.1 Å². The minimum Gasteiger partial charge on any atom is -0.492 e. The van der Waals surface area contributed by atoms with Gasteiger partial charge >= 0.3 is 12.1 Å². The van der Waals surface area contributed by atoms with E-state index < -0.39 is 17.8 Å². The highest BCUT2D eigenvalue weighted by molar-refractivity contribution is 5.71. The second-order valence-corrected chi connectivity index (χ2v) is 7.04. The Balaban J connectivity index is 1.52. The number of hydrogen-bond acceptors (Lipinski definition) is 4. The van der Waals surface area contributed by atoms with Gasteiger partial charge in [-0.25, -0.2) is 0 Å². The van der Waals surface area contributed by atoms with Crippen LogP contribution >= 0.6 is 0 Å². The van der Waals surface area contributed by atoms with Crippen LogP contribution in [0.5, 0.6) is 11.5 Å². The van der Waals surface area contributed by atoms with Gasteiger partial charge in [0.2, 0.25) is 0 Å². The summed E-state index contributed by atoms with van der Waals surface area (Å²) in [6, 6.07) is 9.18. The van der Waals surface area contributed by atoms with Gasteiger partial charge in [0.25, 0.3) is 0 Å². The van der Waals surface area contributed by atoms with Gasteiger partial charge in [-0.1, -0.05) is 12.1 Å². The zero-order chi connectivity index (χ0) is 19.9. The molecule has 0 bridgehead atoms. The molecular formula is C21H19F3O4. The van der Waals surface area contributed by atoms with E-state index in [4.69, 9.17) is 14.2 Å². The van der Waals surface area contributed by atoms with Gasteiger partial charge < -0.3 is 14.2 Å². The third-order valence-corrected chi connectivity index (χ3v) is 5.28. The highest BCUT2D eigenvalue weighted by atomic mass is 19.4. The number of esters is 1. The minimum atomic E-state index is -4.38. The summed E-state index contributed by atoms with van der Waals surface area (Å²) in [5.74, 6) is 0.796. The van der Waals surface area contributed by atoms with E-state index in [2.05, 4.69) is 0 Å². The molecule has 0 amide bonds. The van der Waals surface area contributed by atoms with Crippen molar-refractivity contribution in [2.45, 2.75) is 37.5 Å². The van der Waals surface area contributed by atoms with Crippen molar-refractivity contribution in [3.8, 4) is 11.5 Å². The summed E-state index contributed by atoms with van der Waals surface area (Å²) >= 11 is 0. The first-order valence-corrected chi connectivity index (χ1v) is 9.05. The number of fused-ring (bicyclic) bond motifs is 2. The number of benzene rings is 2. The van der Waals surface area contributed by atoms with E-state index in [9.17, 15) is 18.0 Å². The summed E-state index contributed by atoms with van der Waals surface area (Å²) < 4.78 is 55.4. The molecule has 2 aromatic carbocycles. The maximum atomic E-state index is 13.0. The normalized spacial score (nSPS) is 20.3. The minimum absolute atomic E-state index is 0.0712. The average Bonchev–Trinajstić information content (AvgIpc) is 3.25. The number of aryl methyl sites for hydroxylation is 1. The number of halogens is 3. The van der Waals surface area contributed by atoms with Crippen molar-refractivity contribution >= 4 is 5.97 Å². The predicted octanol–water partition coefficient (Wildman–Crippen LogP) is 4.81. The lowest BCUT2D eigenvalue weighted by Gasteiger charge is -2.17. The molecule has 1 heterocycles. The topological polar surface area (TPSA) is 44.8 Å². The van der Waals surface area contributed by atoms with Crippen LogP contribution in [0.25, 0.3) is 0 Å². The van der Waals surface area contributed by atoms with Crippen LogP contribution in [0, 0.1) is 0 Å². The lowest BCUT2D eigenvalue weighted by atomic mass is 9.98. The molecule has 0 N–H and O–H groups in total. The summed E-state index contributed by atoms with van der Waals surface area (Å²) in [5, 5.41) is 0. The SMILES string of the molecule is COC(=O)C[C@@H]1COc2cc(O[C@@H]3CCc4ccc(C(F)(F)F)cc43)ccc21. The summed E-state index contributed by atoms with van der Waals surface area (Å²) in [6.07, 6.45) is -3.26. The Morgan fingerprint density at radius 3 is 2.75 bits per heavy atom. The number of ether oxygens (including phenoxy) is 3. The molecule has 0 fully saturated rings. The average molecular weight is 392 g/mol. The summed E-state index contributed by atoms with van der Waals surface area (Å²) in [4.78, 5) is 11.5. The van der Waals surface area contributed by atoms with Gasteiger partial charge in [0, 0.05) is 17.5 Å². The van der Waals surface area contributed by atoms with Crippen LogP contribution < -0.4 is 9.47 Å². The first kappa shape index (κ1) is 18.7. The van der Waals surface area contributed by atoms with E-state index in [0.29, 0.717) is 36.5 Å². The van der Waals surface area contributed by atoms with Crippen molar-refractivity contribution in [3.63, 3.8) is 0 Å². The summed E-state index contributed by atoms with van der Waals surface area (Å²) in [6.45, 7) is 0.384. The number of rotatable bonds is 4. The molecule has 0 radical (unpaired) electrons. The second-order valence-electron chi connectivity index (χ2n) is 7.04. The first-order chi connectivity index (χ1) is 13.3. The fraction of sp³-hybridized carbons (Fsp3) is 0.381. The van der Waals surface area contributed by atoms with Crippen molar-refractivity contribution in [2.24, 2.45) is 0 Å². The van der Waals surface area contributed by atoms with Gasteiger partial charge in [-0.2, -0.15) is 13.2 Å². The lowest BCUT2D eigenvalue weighted by Crippen LogP contribution is -2.09. The fourth-order valence-electron chi connectivity index (χ4n) is 3.81. The molecule has 7 heteroatoms. The van der Waals surface area contributed by atoms with Gasteiger partial charge in [-0.05, 0) is 42.2 Å². The maximum Gasteiger partial charge on any atom is 0.416 e. The fourth-order valence-corrected chi connectivity index (χ4v) is 3.81. The molecule has 28 heavy (non-hydrogen) atoms. The largest absolute Gasteiger partial charge is 0.492 e. The Labute approximate surface area is 160 Å². The molecule has 0 spiro atoms. The molecule has 0 aromatic heterocycles. The Bertz CT molecular complexity index is 907. The van der Waals surface area contributed by atoms with Gasteiger partial charge in [0.15, 0.2) is 0 Å². The smallest absolute Gasteiger partial charge is 0.416 e. The van der Waals surface area contributed by atoms with Gasteiger partial charge in [-0.3, -0.25) is 4.79 Å². The van der Waals surface area contributed by atoms with E-state index in [1.807, 2.05) is 6.07 Å². The van der Waals surface area contributed by atoms with E-state index in [1.165, 1.54) is 19.2 Å². The van der Waals surface area contributed by atoms with Crippen molar-refractivity contribution in [2.75, 3.05) is 13.7 Å². The third kappa shape index (κ3) is 3.53. The molecule has 2 aromatic rings. The number of carbonyl (C=O) groups is 1. The standard InChI is InChI=1S/C21H19F3O4/c1-26-20(25)8-13-11-27-19-10-15(5-6-16(13)19)28-18-7-3-12-2-4-14(9-17(12)18)21(22,23)24/h2,4-6,9-10,13,18H,3,7-8,11H2,1H3/t13-,18-/m1/s1. The summed E-state index contributed by atoms with van der Waals surface area (Å²) in [7, 11) is 1.35. The van der Waals surface area contributed by atoms with Crippen LogP contribution in [0.4, 0.5) is 13.2 Å². The quantitative estimate of drug-likeness (QED) is 0.701. The lowest BCUT2D eigenvalue weighted by molar-refractivity contribution is -0.141. The molecule has 1 aliphatic heterocycles. The Morgan fingerprint density at radius 1 is 1.18 bits per heavy atom. The Hall–Kier alpha value is -2.70. The Morgan fingerprint density at radius 2 is 2.00 bits per heavy atom. The highest BCUT2D eigenvalue weighted by Crippen LogP contribution is 2.42. The summed E-state index contributed by atoms with van der Waals surface area (Å²) in [5.41, 5.74) is 1.71. The maximum absolute atomic E-state index is 13.0.